The third-order valence-electron chi connectivity index (χ3n) is 5.07. The molecule has 0 fully saturated rings. The number of nitrogens with zero attached hydrogens (tertiary/aromatic N) is 3. The van der Waals surface area contributed by atoms with Crippen LogP contribution in [0.15, 0.2) is 66.0 Å². The van der Waals surface area contributed by atoms with E-state index in [0.29, 0.717) is 23.7 Å². The van der Waals surface area contributed by atoms with Crippen molar-refractivity contribution in [3.63, 3.8) is 0 Å². The molecule has 0 bridgehead atoms. The van der Waals surface area contributed by atoms with Crippen LogP contribution in [0.1, 0.15) is 23.6 Å². The topological polar surface area (TPSA) is 56.2 Å². The Morgan fingerprint density at radius 2 is 1.67 bits per heavy atom. The van der Waals surface area contributed by atoms with Crippen molar-refractivity contribution in [3.8, 4) is 17.2 Å². The lowest BCUT2D eigenvalue weighted by Crippen LogP contribution is -2.18. The van der Waals surface area contributed by atoms with Crippen molar-refractivity contribution in [2.45, 2.75) is 12.5 Å². The molecule has 1 aliphatic rings. The van der Waals surface area contributed by atoms with Gasteiger partial charge in [-0.1, -0.05) is 6.07 Å². The molecule has 0 amide bonds. The van der Waals surface area contributed by atoms with Gasteiger partial charge >= 0.3 is 0 Å². The van der Waals surface area contributed by atoms with Crippen LogP contribution in [0, 0.1) is 5.82 Å². The molecule has 7 heteroatoms. The van der Waals surface area contributed by atoms with E-state index in [9.17, 15) is 4.39 Å². The monoisotopic (exact) mass is 407 g/mol. The number of rotatable bonds is 6. The van der Waals surface area contributed by atoms with Gasteiger partial charge in [0.25, 0.3) is 0 Å². The fourth-order valence-corrected chi connectivity index (χ4v) is 3.60. The number of pyridine rings is 1. The van der Waals surface area contributed by atoms with Gasteiger partial charge in [-0.05, 0) is 48.0 Å². The van der Waals surface area contributed by atoms with Crippen molar-refractivity contribution in [3.05, 3.63) is 77.9 Å². The Bertz CT molecular complexity index is 1030. The molecule has 0 saturated heterocycles. The average molecular weight is 407 g/mol. The van der Waals surface area contributed by atoms with Gasteiger partial charge in [-0.25, -0.2) is 4.39 Å². The molecule has 0 unspecified atom stereocenters. The second-order valence-electron chi connectivity index (χ2n) is 6.79. The molecule has 2 aromatic carbocycles. The molecular weight excluding hydrogens is 385 g/mol. The van der Waals surface area contributed by atoms with E-state index < -0.39 is 0 Å². The van der Waals surface area contributed by atoms with Gasteiger partial charge in [0, 0.05) is 24.4 Å². The van der Waals surface area contributed by atoms with Gasteiger partial charge in [0.2, 0.25) is 5.75 Å². The van der Waals surface area contributed by atoms with Crippen molar-refractivity contribution in [2.75, 3.05) is 26.3 Å². The third-order valence-corrected chi connectivity index (χ3v) is 5.07. The minimum atomic E-state index is -0.293. The maximum absolute atomic E-state index is 13.5. The summed E-state index contributed by atoms with van der Waals surface area (Å²) in [6.45, 7) is 0. The smallest absolute Gasteiger partial charge is 0.203 e. The van der Waals surface area contributed by atoms with Gasteiger partial charge in [0.05, 0.1) is 38.8 Å². The minimum Gasteiger partial charge on any atom is -0.493 e. The molecule has 1 aromatic heterocycles. The van der Waals surface area contributed by atoms with Gasteiger partial charge in [-0.3, -0.25) is 9.99 Å². The van der Waals surface area contributed by atoms with E-state index in [1.54, 1.807) is 45.9 Å². The van der Waals surface area contributed by atoms with Crippen molar-refractivity contribution in [1.82, 2.24) is 4.98 Å². The van der Waals surface area contributed by atoms with Gasteiger partial charge in [0.1, 0.15) is 5.82 Å². The molecule has 0 aliphatic carbocycles. The number of methoxy groups -OCH3 is 3. The average Bonchev–Trinajstić information content (AvgIpc) is 3.24. The van der Waals surface area contributed by atoms with Crippen LogP contribution in [0.4, 0.5) is 10.1 Å². The molecule has 30 heavy (non-hydrogen) atoms. The number of aromatic nitrogens is 1. The molecule has 1 aliphatic heterocycles. The molecular formula is C23H22FN3O3. The Labute approximate surface area is 174 Å². The Morgan fingerprint density at radius 1 is 0.967 bits per heavy atom. The van der Waals surface area contributed by atoms with Crippen molar-refractivity contribution < 1.29 is 18.6 Å². The van der Waals surface area contributed by atoms with E-state index in [0.717, 1.165) is 22.5 Å². The highest BCUT2D eigenvalue weighted by molar-refractivity contribution is 6.03. The fraction of sp³-hybridized carbons (Fsp3) is 0.217. The first-order chi connectivity index (χ1) is 14.6. The highest BCUT2D eigenvalue weighted by Crippen LogP contribution is 2.44. The molecule has 2 heterocycles. The Balaban J connectivity index is 1.80. The van der Waals surface area contributed by atoms with E-state index >= 15 is 0 Å². The lowest BCUT2D eigenvalue weighted by atomic mass is 9.98. The minimum absolute atomic E-state index is 0.139. The Hall–Kier alpha value is -3.61. The molecule has 0 spiro atoms. The van der Waals surface area contributed by atoms with Gasteiger partial charge in [-0.15, -0.1) is 0 Å². The number of hydrazone groups is 1. The largest absolute Gasteiger partial charge is 0.493 e. The molecule has 0 N–H and O–H groups in total. The van der Waals surface area contributed by atoms with E-state index in [4.69, 9.17) is 19.3 Å². The van der Waals surface area contributed by atoms with Gasteiger partial charge < -0.3 is 14.2 Å². The zero-order valence-corrected chi connectivity index (χ0v) is 17.0. The molecule has 0 radical (unpaired) electrons. The molecule has 6 nitrogen and oxygen atoms in total. The Morgan fingerprint density at radius 3 is 2.23 bits per heavy atom. The second kappa shape index (κ2) is 8.41. The summed E-state index contributed by atoms with van der Waals surface area (Å²) in [4.78, 5) is 4.21. The van der Waals surface area contributed by atoms with E-state index in [-0.39, 0.29) is 11.9 Å². The van der Waals surface area contributed by atoms with Crippen LogP contribution in [0.25, 0.3) is 0 Å². The standard InChI is InChI=1S/C23H22FN3O3/c1-28-21-11-16(12-22(29-2)23(21)30-3)20-13-19(15-5-4-10-25-14-15)26-27(20)18-8-6-17(24)7-9-18/h4-12,14,20H,13H2,1-3H3/t20-/m1/s1. The normalized spacial score (nSPS) is 15.7. The number of ether oxygens (including phenoxy) is 3. The molecule has 1 atom stereocenters. The molecule has 154 valence electrons. The summed E-state index contributed by atoms with van der Waals surface area (Å²) in [5.41, 5.74) is 3.57. The predicted octanol–water partition coefficient (Wildman–Crippen LogP) is 4.60. The maximum Gasteiger partial charge on any atom is 0.203 e. The number of hydrogen-bond acceptors (Lipinski definition) is 6. The quantitative estimate of drug-likeness (QED) is 0.598. The van der Waals surface area contributed by atoms with Crippen LogP contribution >= 0.6 is 0 Å². The lowest BCUT2D eigenvalue weighted by molar-refractivity contribution is 0.323. The second-order valence-corrected chi connectivity index (χ2v) is 6.79. The summed E-state index contributed by atoms with van der Waals surface area (Å²) in [7, 11) is 4.75. The number of anilines is 1. The van der Waals surface area contributed by atoms with Gasteiger partial charge in [-0.2, -0.15) is 5.10 Å². The predicted molar refractivity (Wildman–Crippen MR) is 113 cm³/mol. The van der Waals surface area contributed by atoms with E-state index in [1.165, 1.54) is 12.1 Å². The summed E-state index contributed by atoms with van der Waals surface area (Å²) >= 11 is 0. The van der Waals surface area contributed by atoms with Crippen LogP contribution in [0.2, 0.25) is 0 Å². The van der Waals surface area contributed by atoms with Crippen molar-refractivity contribution in [1.29, 1.82) is 0 Å². The maximum atomic E-state index is 13.5. The van der Waals surface area contributed by atoms with Crippen LogP contribution in [0.5, 0.6) is 17.2 Å². The third kappa shape index (κ3) is 3.66. The van der Waals surface area contributed by atoms with Crippen molar-refractivity contribution >= 4 is 11.4 Å². The molecule has 4 rings (SSSR count). The number of benzene rings is 2. The fourth-order valence-electron chi connectivity index (χ4n) is 3.60. The summed E-state index contributed by atoms with van der Waals surface area (Å²) in [6.07, 6.45) is 4.16. The van der Waals surface area contributed by atoms with Crippen molar-refractivity contribution in [2.24, 2.45) is 5.10 Å². The van der Waals surface area contributed by atoms with Gasteiger partial charge in [0.15, 0.2) is 11.5 Å². The summed E-state index contributed by atoms with van der Waals surface area (Å²) < 4.78 is 30.0. The first-order valence-corrected chi connectivity index (χ1v) is 9.47. The zero-order valence-electron chi connectivity index (χ0n) is 17.0. The first-order valence-electron chi connectivity index (χ1n) is 9.47. The number of hydrogen-bond donors (Lipinski definition) is 0. The molecule has 3 aromatic rings. The lowest BCUT2D eigenvalue weighted by Gasteiger charge is -2.25. The highest BCUT2D eigenvalue weighted by Gasteiger charge is 2.31. The van der Waals surface area contributed by atoms with E-state index in [2.05, 4.69) is 4.98 Å². The van der Waals surface area contributed by atoms with Crippen LogP contribution in [-0.4, -0.2) is 32.0 Å². The van der Waals surface area contributed by atoms with Crippen LogP contribution < -0.4 is 19.2 Å². The SMILES string of the molecule is COc1cc([C@H]2CC(c3cccnc3)=NN2c2ccc(F)cc2)cc(OC)c1OC. The van der Waals surface area contributed by atoms with Crippen LogP contribution in [0.3, 0.4) is 0 Å². The highest BCUT2D eigenvalue weighted by atomic mass is 19.1. The first kappa shape index (κ1) is 19.7. The summed E-state index contributed by atoms with van der Waals surface area (Å²) in [6, 6.07) is 13.9. The number of halogens is 1. The Kier molecular flexibility index (Phi) is 5.52. The molecule has 0 saturated carbocycles. The van der Waals surface area contributed by atoms with E-state index in [1.807, 2.05) is 29.3 Å². The zero-order chi connectivity index (χ0) is 21.1. The van der Waals surface area contributed by atoms with Crippen LogP contribution in [-0.2, 0) is 0 Å². The summed E-state index contributed by atoms with van der Waals surface area (Å²) in [5, 5.41) is 6.74. The summed E-state index contributed by atoms with van der Waals surface area (Å²) in [5.74, 6) is 1.38.